The minimum Gasteiger partial charge on any atom is -0.478 e. The van der Waals surface area contributed by atoms with Gasteiger partial charge in [-0.2, -0.15) is 0 Å². The molecule has 2 aromatic rings. The summed E-state index contributed by atoms with van der Waals surface area (Å²) >= 11 is 5.28. The van der Waals surface area contributed by atoms with E-state index in [0.717, 1.165) is 38.2 Å². The first-order valence-corrected chi connectivity index (χ1v) is 11.9. The molecule has 0 aliphatic carbocycles. The molecular weight excluding hydrogens is 468 g/mol. The second-order valence-electron chi connectivity index (χ2n) is 9.36. The van der Waals surface area contributed by atoms with Crippen LogP contribution in [0.2, 0.25) is 0 Å². The number of carbonyl (C=O) groups is 2. The molecule has 1 amide bonds. The normalized spacial score (nSPS) is 14.3. The zero-order valence-corrected chi connectivity index (χ0v) is 21.1. The molecule has 3 heterocycles. The van der Waals surface area contributed by atoms with Crippen LogP contribution in [-0.2, 0) is 6.42 Å². The molecule has 1 fully saturated rings. The molecule has 35 heavy (non-hydrogen) atoms. The van der Waals surface area contributed by atoms with Gasteiger partial charge in [0.2, 0.25) is 5.88 Å². The van der Waals surface area contributed by atoms with Gasteiger partial charge in [0.15, 0.2) is 5.11 Å². The third kappa shape index (κ3) is 8.76. The number of carboxylic acid groups (broad SMARTS) is 1. The number of nitrogens with one attached hydrogen (secondary N) is 2. The van der Waals surface area contributed by atoms with E-state index in [4.69, 9.17) is 22.1 Å². The summed E-state index contributed by atoms with van der Waals surface area (Å²) in [6, 6.07) is 6.72. The van der Waals surface area contributed by atoms with Crippen molar-refractivity contribution < 1.29 is 19.4 Å². The molecule has 1 aliphatic heterocycles. The summed E-state index contributed by atoms with van der Waals surface area (Å²) in [7, 11) is 0. The predicted octanol–water partition coefficient (Wildman–Crippen LogP) is 3.01. The smallest absolute Gasteiger partial charge is 0.416 e. The van der Waals surface area contributed by atoms with Crippen molar-refractivity contribution in [2.45, 2.75) is 39.2 Å². The molecule has 0 saturated carbocycles. The number of piperazine rings is 1. The number of pyridine rings is 2. The van der Waals surface area contributed by atoms with Crippen LogP contribution in [0.25, 0.3) is 0 Å². The molecule has 0 radical (unpaired) electrons. The lowest BCUT2D eigenvalue weighted by atomic mass is 10.1. The first kappa shape index (κ1) is 26.3. The SMILES string of the molecule is CC(C)(C)NC(=S)Nc1ccc(OC(=O)N2CCN(CCCc3ccc(C(=O)O)cn3)CC2)nc1. The molecule has 188 valence electrons. The minimum atomic E-state index is -0.973. The van der Waals surface area contributed by atoms with Crippen molar-refractivity contribution >= 4 is 35.1 Å². The number of aryl methyl sites for hydroxylation is 1. The molecule has 1 saturated heterocycles. The number of rotatable bonds is 7. The van der Waals surface area contributed by atoms with Crippen LogP contribution in [-0.4, -0.2) is 80.3 Å². The maximum atomic E-state index is 12.5. The fourth-order valence-corrected chi connectivity index (χ4v) is 3.93. The highest BCUT2D eigenvalue weighted by atomic mass is 32.1. The number of thiocarbonyl (C=S) groups is 1. The van der Waals surface area contributed by atoms with E-state index in [1.165, 1.54) is 6.20 Å². The molecule has 0 aromatic carbocycles. The molecule has 10 nitrogen and oxygen atoms in total. The Balaban J connectivity index is 1.36. The van der Waals surface area contributed by atoms with E-state index in [9.17, 15) is 9.59 Å². The topological polar surface area (TPSA) is 120 Å². The zero-order chi connectivity index (χ0) is 25.4. The summed E-state index contributed by atoms with van der Waals surface area (Å²) in [6.45, 7) is 9.61. The van der Waals surface area contributed by atoms with E-state index in [2.05, 4.69) is 25.5 Å². The summed E-state index contributed by atoms with van der Waals surface area (Å²) in [5.74, 6) is -0.738. The molecule has 0 spiro atoms. The van der Waals surface area contributed by atoms with Gasteiger partial charge in [0.05, 0.1) is 17.4 Å². The highest BCUT2D eigenvalue weighted by molar-refractivity contribution is 7.80. The lowest BCUT2D eigenvalue weighted by Crippen LogP contribution is -2.49. The second kappa shape index (κ2) is 11.9. The van der Waals surface area contributed by atoms with Crippen LogP contribution in [0, 0.1) is 0 Å². The number of carboxylic acids is 1. The Morgan fingerprint density at radius 2 is 1.83 bits per heavy atom. The Bertz CT molecular complexity index is 1020. The number of amides is 1. The largest absolute Gasteiger partial charge is 0.478 e. The summed E-state index contributed by atoms with van der Waals surface area (Å²) in [6.07, 6.45) is 4.23. The van der Waals surface area contributed by atoms with Gasteiger partial charge >= 0.3 is 12.1 Å². The number of hydrogen-bond acceptors (Lipinski definition) is 7. The second-order valence-corrected chi connectivity index (χ2v) is 9.77. The highest BCUT2D eigenvalue weighted by Gasteiger charge is 2.22. The van der Waals surface area contributed by atoms with Crippen LogP contribution in [0.3, 0.4) is 0 Å². The van der Waals surface area contributed by atoms with Gasteiger partial charge in [0, 0.05) is 49.7 Å². The maximum Gasteiger partial charge on any atom is 0.416 e. The van der Waals surface area contributed by atoms with E-state index >= 15 is 0 Å². The van der Waals surface area contributed by atoms with Crippen LogP contribution >= 0.6 is 12.2 Å². The van der Waals surface area contributed by atoms with E-state index in [-0.39, 0.29) is 17.0 Å². The molecule has 11 heteroatoms. The number of hydrogen-bond donors (Lipinski definition) is 3. The Hall–Kier alpha value is -3.31. The van der Waals surface area contributed by atoms with Crippen LogP contribution in [0.5, 0.6) is 5.88 Å². The van der Waals surface area contributed by atoms with Crippen LogP contribution < -0.4 is 15.4 Å². The lowest BCUT2D eigenvalue weighted by Gasteiger charge is -2.33. The van der Waals surface area contributed by atoms with Gasteiger partial charge in [-0.05, 0) is 70.6 Å². The molecule has 3 N–H and O–H groups in total. The van der Waals surface area contributed by atoms with Crippen LogP contribution in [0.15, 0.2) is 36.7 Å². The molecule has 3 rings (SSSR count). The predicted molar refractivity (Wildman–Crippen MR) is 137 cm³/mol. The van der Waals surface area contributed by atoms with Gasteiger partial charge in [0.25, 0.3) is 0 Å². The van der Waals surface area contributed by atoms with E-state index in [1.807, 2.05) is 20.8 Å². The van der Waals surface area contributed by atoms with Gasteiger partial charge in [-0.15, -0.1) is 0 Å². The van der Waals surface area contributed by atoms with Crippen molar-refractivity contribution in [2.24, 2.45) is 0 Å². The van der Waals surface area contributed by atoms with Crippen LogP contribution in [0.1, 0.15) is 43.2 Å². The molecule has 1 aliphatic rings. The fourth-order valence-electron chi connectivity index (χ4n) is 3.51. The Labute approximate surface area is 210 Å². The van der Waals surface area contributed by atoms with Gasteiger partial charge < -0.3 is 25.4 Å². The van der Waals surface area contributed by atoms with E-state index < -0.39 is 12.1 Å². The molecule has 0 atom stereocenters. The van der Waals surface area contributed by atoms with Gasteiger partial charge in [-0.25, -0.2) is 14.6 Å². The average molecular weight is 501 g/mol. The molecule has 0 bridgehead atoms. The first-order chi connectivity index (χ1) is 16.6. The van der Waals surface area contributed by atoms with E-state index in [1.54, 1.807) is 35.4 Å². The number of ether oxygens (including phenoxy) is 1. The molecule has 0 unspecified atom stereocenters. The van der Waals surface area contributed by atoms with Crippen molar-refractivity contribution in [1.82, 2.24) is 25.1 Å². The highest BCUT2D eigenvalue weighted by Crippen LogP contribution is 2.14. The van der Waals surface area contributed by atoms with Crippen LogP contribution in [0.4, 0.5) is 10.5 Å². The molecule has 2 aromatic heterocycles. The third-order valence-electron chi connectivity index (χ3n) is 5.28. The summed E-state index contributed by atoms with van der Waals surface area (Å²) in [5.41, 5.74) is 1.62. The van der Waals surface area contributed by atoms with Crippen molar-refractivity contribution in [3.8, 4) is 5.88 Å². The Morgan fingerprint density at radius 3 is 2.40 bits per heavy atom. The quantitative estimate of drug-likeness (QED) is 0.489. The summed E-state index contributed by atoms with van der Waals surface area (Å²) < 4.78 is 5.43. The standard InChI is InChI=1S/C24H32N6O4S/c1-24(2,3)28-22(35)27-19-8-9-20(26-16-19)34-23(33)30-13-11-29(12-14-30)10-4-5-18-7-6-17(15-25-18)21(31)32/h6-9,15-16H,4-5,10-14H2,1-3H3,(H,31,32)(H2,27,28,35). The maximum absolute atomic E-state index is 12.5. The van der Waals surface area contributed by atoms with Crippen molar-refractivity contribution in [2.75, 3.05) is 38.0 Å². The van der Waals surface area contributed by atoms with Gasteiger partial charge in [-0.3, -0.25) is 9.88 Å². The minimum absolute atomic E-state index is 0.149. The molecular formula is C24H32N6O4S. The third-order valence-corrected chi connectivity index (χ3v) is 5.49. The average Bonchev–Trinajstić information content (AvgIpc) is 2.80. The number of anilines is 1. The van der Waals surface area contributed by atoms with Gasteiger partial charge in [0.1, 0.15) is 0 Å². The fraction of sp³-hybridized carbons (Fsp3) is 0.458. The Kier molecular flexibility index (Phi) is 8.94. The van der Waals surface area contributed by atoms with Crippen molar-refractivity contribution in [1.29, 1.82) is 0 Å². The Morgan fingerprint density at radius 1 is 1.09 bits per heavy atom. The summed E-state index contributed by atoms with van der Waals surface area (Å²) in [4.78, 5) is 35.8. The summed E-state index contributed by atoms with van der Waals surface area (Å²) in [5, 5.41) is 15.7. The van der Waals surface area contributed by atoms with E-state index in [0.29, 0.717) is 23.9 Å². The lowest BCUT2D eigenvalue weighted by molar-refractivity contribution is 0.0696. The monoisotopic (exact) mass is 500 g/mol. The van der Waals surface area contributed by atoms with Crippen molar-refractivity contribution in [3.63, 3.8) is 0 Å². The zero-order valence-electron chi connectivity index (χ0n) is 20.3. The number of aromatic nitrogens is 2. The number of nitrogens with zero attached hydrogens (tertiary/aromatic N) is 4. The first-order valence-electron chi connectivity index (χ1n) is 11.5. The van der Waals surface area contributed by atoms with Crippen molar-refractivity contribution in [3.05, 3.63) is 47.9 Å². The number of aromatic carboxylic acids is 1. The van der Waals surface area contributed by atoms with Gasteiger partial charge in [-0.1, -0.05) is 0 Å². The number of carbonyl (C=O) groups excluding carboxylic acids is 1.